The number of nitrogens with one attached hydrogen (secondary N) is 1. The van der Waals surface area contributed by atoms with Crippen molar-refractivity contribution in [2.45, 2.75) is 20.3 Å². The fourth-order valence-corrected chi connectivity index (χ4v) is 1.76. The molecule has 1 fully saturated rings. The van der Waals surface area contributed by atoms with E-state index in [4.69, 9.17) is 4.74 Å². The molecule has 1 N–H and O–H groups in total. The van der Waals surface area contributed by atoms with Gasteiger partial charge in [0.25, 0.3) is 0 Å². The van der Waals surface area contributed by atoms with Crippen molar-refractivity contribution in [1.82, 2.24) is 0 Å². The van der Waals surface area contributed by atoms with Crippen molar-refractivity contribution in [3.8, 4) is 0 Å². The van der Waals surface area contributed by atoms with Crippen LogP contribution in [0.1, 0.15) is 20.3 Å². The molecule has 5 heteroatoms. The third-order valence-electron chi connectivity index (χ3n) is 2.68. The SMILES string of the molecule is CCOC(=O)C1C[NH+](CC)CCC1=O.[Cl-]. The standard InChI is InChI=1S/C10H17NO3.ClH/c1-3-11-6-5-9(12)8(7-11)10(13)14-4-2;/h8H,3-7H2,1-2H3;1H. The Labute approximate surface area is 96.4 Å². The maximum Gasteiger partial charge on any atom is 0.322 e. The van der Waals surface area contributed by atoms with Gasteiger partial charge in [-0.15, -0.1) is 0 Å². The van der Waals surface area contributed by atoms with Crippen LogP contribution in [0, 0.1) is 5.92 Å². The van der Waals surface area contributed by atoms with Gasteiger partial charge in [-0.3, -0.25) is 9.59 Å². The maximum atomic E-state index is 11.5. The first-order valence-electron chi connectivity index (χ1n) is 5.22. The van der Waals surface area contributed by atoms with E-state index >= 15 is 0 Å². The van der Waals surface area contributed by atoms with E-state index < -0.39 is 5.92 Å². The largest absolute Gasteiger partial charge is 1.00 e. The van der Waals surface area contributed by atoms with Crippen molar-refractivity contribution in [3.63, 3.8) is 0 Å². The lowest BCUT2D eigenvalue weighted by Crippen LogP contribution is -3.14. The van der Waals surface area contributed by atoms with Gasteiger partial charge in [-0.1, -0.05) is 0 Å². The van der Waals surface area contributed by atoms with E-state index in [9.17, 15) is 9.59 Å². The summed E-state index contributed by atoms with van der Waals surface area (Å²) in [4.78, 5) is 24.2. The van der Waals surface area contributed by atoms with Gasteiger partial charge in [0.15, 0.2) is 11.7 Å². The molecule has 0 aromatic heterocycles. The Morgan fingerprint density at radius 2 is 2.20 bits per heavy atom. The van der Waals surface area contributed by atoms with E-state index in [2.05, 4.69) is 6.92 Å². The van der Waals surface area contributed by atoms with Crippen LogP contribution in [0.15, 0.2) is 0 Å². The number of carbonyl (C=O) groups excluding carboxylic acids is 2. The molecule has 15 heavy (non-hydrogen) atoms. The fourth-order valence-electron chi connectivity index (χ4n) is 1.76. The van der Waals surface area contributed by atoms with Crippen LogP contribution in [0.2, 0.25) is 0 Å². The molecule has 1 saturated heterocycles. The molecule has 4 nitrogen and oxygen atoms in total. The summed E-state index contributed by atoms with van der Waals surface area (Å²) in [5.41, 5.74) is 0. The Bertz CT molecular complexity index is 233. The van der Waals surface area contributed by atoms with Crippen LogP contribution in [0.4, 0.5) is 0 Å². The quantitative estimate of drug-likeness (QED) is 0.401. The van der Waals surface area contributed by atoms with Crippen LogP contribution in [0.25, 0.3) is 0 Å². The van der Waals surface area contributed by atoms with E-state index in [1.165, 1.54) is 4.90 Å². The molecule has 1 rings (SSSR count). The number of ketones is 1. The van der Waals surface area contributed by atoms with Crippen molar-refractivity contribution in [3.05, 3.63) is 0 Å². The molecule has 1 aliphatic rings. The molecule has 0 radical (unpaired) electrons. The van der Waals surface area contributed by atoms with E-state index in [1.807, 2.05) is 0 Å². The Morgan fingerprint density at radius 3 is 2.73 bits per heavy atom. The van der Waals surface area contributed by atoms with Crippen LogP contribution < -0.4 is 17.3 Å². The molecule has 2 atom stereocenters. The zero-order chi connectivity index (χ0) is 10.6. The van der Waals surface area contributed by atoms with Crippen LogP contribution in [-0.4, -0.2) is 38.0 Å². The van der Waals surface area contributed by atoms with Gasteiger partial charge >= 0.3 is 5.97 Å². The predicted molar refractivity (Wildman–Crippen MR) is 51.0 cm³/mol. The van der Waals surface area contributed by atoms with Crippen molar-refractivity contribution >= 4 is 11.8 Å². The molecule has 0 spiro atoms. The monoisotopic (exact) mass is 235 g/mol. The van der Waals surface area contributed by atoms with Gasteiger partial charge in [0.05, 0.1) is 32.7 Å². The number of quaternary nitrogens is 1. The van der Waals surface area contributed by atoms with E-state index in [-0.39, 0.29) is 24.2 Å². The van der Waals surface area contributed by atoms with Gasteiger partial charge in [0.2, 0.25) is 0 Å². The van der Waals surface area contributed by atoms with Crippen LogP contribution >= 0.6 is 0 Å². The molecule has 0 bridgehead atoms. The highest BCUT2D eigenvalue weighted by Gasteiger charge is 2.35. The number of halogens is 1. The number of ether oxygens (including phenoxy) is 1. The van der Waals surface area contributed by atoms with Crippen molar-refractivity contribution in [2.24, 2.45) is 5.92 Å². The summed E-state index contributed by atoms with van der Waals surface area (Å²) >= 11 is 0. The smallest absolute Gasteiger partial charge is 0.322 e. The maximum absolute atomic E-state index is 11.5. The zero-order valence-electron chi connectivity index (χ0n) is 9.22. The highest BCUT2D eigenvalue weighted by atomic mass is 35.5. The van der Waals surface area contributed by atoms with Crippen LogP contribution in [0.3, 0.4) is 0 Å². The summed E-state index contributed by atoms with van der Waals surface area (Å²) < 4.78 is 4.87. The fraction of sp³-hybridized carbons (Fsp3) is 0.800. The highest BCUT2D eigenvalue weighted by molar-refractivity contribution is 5.99. The number of hydrogen-bond acceptors (Lipinski definition) is 3. The first-order valence-corrected chi connectivity index (χ1v) is 5.22. The molecular weight excluding hydrogens is 218 g/mol. The van der Waals surface area contributed by atoms with Crippen molar-refractivity contribution in [2.75, 3.05) is 26.2 Å². The molecular formula is C10H18ClNO3. The number of carbonyl (C=O) groups is 2. The first-order chi connectivity index (χ1) is 6.69. The Hall–Kier alpha value is -0.610. The second-order valence-corrected chi connectivity index (χ2v) is 3.58. The van der Waals surface area contributed by atoms with Gasteiger partial charge in [0.1, 0.15) is 0 Å². The van der Waals surface area contributed by atoms with Crippen LogP contribution in [0.5, 0.6) is 0 Å². The molecule has 88 valence electrons. The lowest BCUT2D eigenvalue weighted by Gasteiger charge is -2.26. The minimum atomic E-state index is -0.515. The van der Waals surface area contributed by atoms with Crippen LogP contribution in [-0.2, 0) is 14.3 Å². The van der Waals surface area contributed by atoms with Crippen molar-refractivity contribution in [1.29, 1.82) is 0 Å². The van der Waals surface area contributed by atoms with Gasteiger partial charge in [0, 0.05) is 0 Å². The lowest BCUT2D eigenvalue weighted by molar-refractivity contribution is -0.901. The average Bonchev–Trinajstić information content (AvgIpc) is 2.19. The Kier molecular flexibility index (Phi) is 6.52. The minimum Gasteiger partial charge on any atom is -1.00 e. The molecule has 0 aromatic rings. The second-order valence-electron chi connectivity index (χ2n) is 3.58. The predicted octanol–water partition coefficient (Wildman–Crippen LogP) is -3.95. The van der Waals surface area contributed by atoms with Gasteiger partial charge in [-0.25, -0.2) is 0 Å². The van der Waals surface area contributed by atoms with Crippen molar-refractivity contribution < 1.29 is 31.6 Å². The summed E-state index contributed by atoms with van der Waals surface area (Å²) in [6.45, 7) is 6.59. The third-order valence-corrected chi connectivity index (χ3v) is 2.68. The highest BCUT2D eigenvalue weighted by Crippen LogP contribution is 2.05. The molecule has 0 saturated carbocycles. The topological polar surface area (TPSA) is 47.8 Å². The Morgan fingerprint density at radius 1 is 1.53 bits per heavy atom. The van der Waals surface area contributed by atoms with E-state index in [0.29, 0.717) is 19.6 Å². The summed E-state index contributed by atoms with van der Waals surface area (Å²) in [5.74, 6) is -0.817. The summed E-state index contributed by atoms with van der Waals surface area (Å²) in [5, 5.41) is 0. The number of rotatable bonds is 3. The summed E-state index contributed by atoms with van der Waals surface area (Å²) in [6, 6.07) is 0. The molecule has 0 aromatic carbocycles. The molecule has 2 unspecified atom stereocenters. The second kappa shape index (κ2) is 6.80. The lowest BCUT2D eigenvalue weighted by atomic mass is 9.97. The first kappa shape index (κ1) is 14.4. The van der Waals surface area contributed by atoms with E-state index in [0.717, 1.165) is 13.1 Å². The molecule has 0 amide bonds. The number of piperidine rings is 1. The minimum absolute atomic E-state index is 0. The number of likely N-dealkylation sites (tertiary alicyclic amines) is 1. The molecule has 1 aliphatic heterocycles. The summed E-state index contributed by atoms with van der Waals surface area (Å²) in [7, 11) is 0. The number of esters is 1. The zero-order valence-corrected chi connectivity index (χ0v) is 9.97. The number of Topliss-reactive ketones (excluding diaryl/α,β-unsaturated/α-hetero) is 1. The summed E-state index contributed by atoms with van der Waals surface area (Å²) in [6.07, 6.45) is 0.507. The normalized spacial score (nSPS) is 25.6. The molecule has 1 heterocycles. The van der Waals surface area contributed by atoms with E-state index in [1.54, 1.807) is 6.92 Å². The van der Waals surface area contributed by atoms with Gasteiger partial charge < -0.3 is 22.0 Å². The average molecular weight is 236 g/mol. The van der Waals surface area contributed by atoms with Gasteiger partial charge in [-0.05, 0) is 13.8 Å². The Balaban J connectivity index is 0.00000196. The molecule has 0 aliphatic carbocycles. The number of hydrogen-bond donors (Lipinski definition) is 1. The van der Waals surface area contributed by atoms with Gasteiger partial charge in [-0.2, -0.15) is 0 Å². The third kappa shape index (κ3) is 3.80.